The molecule has 2 aromatic carbocycles. The van der Waals surface area contributed by atoms with Crippen LogP contribution >= 0.6 is 11.6 Å². The van der Waals surface area contributed by atoms with Crippen LogP contribution in [0, 0.1) is 12.3 Å². The van der Waals surface area contributed by atoms with Crippen LogP contribution in [0.4, 0.5) is 5.69 Å². The summed E-state index contributed by atoms with van der Waals surface area (Å²) in [4.78, 5) is 25.7. The topological polar surface area (TPSA) is 49.7 Å². The van der Waals surface area contributed by atoms with Gasteiger partial charge in [-0.05, 0) is 55.3 Å². The maximum atomic E-state index is 13.5. The van der Waals surface area contributed by atoms with Gasteiger partial charge in [0.1, 0.15) is 5.41 Å². The van der Waals surface area contributed by atoms with E-state index in [-0.39, 0.29) is 11.7 Å². The number of amides is 1. The molecule has 134 valence electrons. The summed E-state index contributed by atoms with van der Waals surface area (Å²) in [6, 6.07) is 14.8. The van der Waals surface area contributed by atoms with Gasteiger partial charge in [-0.1, -0.05) is 53.6 Å². The number of carbonyl (C=O) groups excluding carboxylic acids is 2. The molecule has 1 heterocycles. The van der Waals surface area contributed by atoms with E-state index < -0.39 is 5.41 Å². The first kappa shape index (κ1) is 17.4. The molecule has 4 nitrogen and oxygen atoms in total. The Bertz CT molecular complexity index is 1070. The van der Waals surface area contributed by atoms with Crippen LogP contribution in [-0.2, 0) is 9.59 Å². The van der Waals surface area contributed by atoms with Crippen LogP contribution in [0.1, 0.15) is 18.1 Å². The van der Waals surface area contributed by atoms with Gasteiger partial charge in [0.15, 0.2) is 5.78 Å². The number of ketones is 1. The maximum Gasteiger partial charge on any atom is 0.267 e. The first-order valence-corrected chi connectivity index (χ1v) is 8.98. The number of halogens is 1. The average Bonchev–Trinajstić information content (AvgIpc) is 2.89. The second-order valence-corrected chi connectivity index (χ2v) is 7.19. The van der Waals surface area contributed by atoms with Gasteiger partial charge in [-0.15, -0.1) is 0 Å². The van der Waals surface area contributed by atoms with E-state index in [1.165, 1.54) is 17.2 Å². The smallest absolute Gasteiger partial charge is 0.267 e. The van der Waals surface area contributed by atoms with Crippen molar-refractivity contribution in [2.45, 2.75) is 13.8 Å². The Balaban J connectivity index is 1.87. The molecule has 0 radical (unpaired) electrons. The van der Waals surface area contributed by atoms with E-state index in [0.717, 1.165) is 11.1 Å². The van der Waals surface area contributed by atoms with E-state index >= 15 is 0 Å². The molecular weight excluding hydrogens is 360 g/mol. The number of rotatable bonds is 2. The van der Waals surface area contributed by atoms with Crippen molar-refractivity contribution in [1.82, 2.24) is 0 Å². The van der Waals surface area contributed by atoms with E-state index in [1.807, 2.05) is 38.1 Å². The van der Waals surface area contributed by atoms with Gasteiger partial charge < -0.3 is 0 Å². The minimum absolute atomic E-state index is 0.140. The highest BCUT2D eigenvalue weighted by Crippen LogP contribution is 2.46. The Morgan fingerprint density at radius 1 is 1.04 bits per heavy atom. The lowest BCUT2D eigenvalue weighted by atomic mass is 9.70. The standard InChI is InChI=1S/C22H17ClN2O2/c1-14-5-3-6-16(11-14)20-13-19(26)9-10-22(20)15(2)24-25(21(22)27)18-8-4-7-17(23)12-18/h3-13H,1-2H3. The number of nitrogens with zero attached hydrogens (tertiary/aromatic N) is 2. The molecule has 5 heteroatoms. The lowest BCUT2D eigenvalue weighted by molar-refractivity contribution is -0.120. The second kappa shape index (κ2) is 6.32. The van der Waals surface area contributed by atoms with E-state index in [0.29, 0.717) is 22.0 Å². The fourth-order valence-corrected chi connectivity index (χ4v) is 3.79. The fourth-order valence-electron chi connectivity index (χ4n) is 3.61. The highest BCUT2D eigenvalue weighted by molar-refractivity contribution is 6.32. The van der Waals surface area contributed by atoms with Crippen LogP contribution in [0.15, 0.2) is 71.9 Å². The number of hydrazone groups is 1. The molecular formula is C22H17ClN2O2. The monoisotopic (exact) mass is 376 g/mol. The third-order valence-corrected chi connectivity index (χ3v) is 5.18. The summed E-state index contributed by atoms with van der Waals surface area (Å²) in [6.45, 7) is 3.79. The molecule has 0 N–H and O–H groups in total. The van der Waals surface area contributed by atoms with Crippen LogP contribution < -0.4 is 5.01 Å². The summed E-state index contributed by atoms with van der Waals surface area (Å²) >= 11 is 6.09. The van der Waals surface area contributed by atoms with Gasteiger partial charge in [-0.25, -0.2) is 0 Å². The molecule has 2 aliphatic rings. The molecule has 0 aromatic heterocycles. The van der Waals surface area contributed by atoms with Gasteiger partial charge in [0.25, 0.3) is 5.91 Å². The Hall–Kier alpha value is -2.98. The first-order chi connectivity index (χ1) is 12.9. The zero-order valence-corrected chi connectivity index (χ0v) is 15.7. The molecule has 27 heavy (non-hydrogen) atoms. The first-order valence-electron chi connectivity index (χ1n) is 8.60. The quantitative estimate of drug-likeness (QED) is 0.770. The Morgan fingerprint density at radius 2 is 1.81 bits per heavy atom. The van der Waals surface area contributed by atoms with Gasteiger partial charge in [0.05, 0.1) is 11.4 Å². The molecule has 1 atom stereocenters. The number of benzene rings is 2. The Labute approximate surface area is 162 Å². The Morgan fingerprint density at radius 3 is 2.56 bits per heavy atom. The van der Waals surface area contributed by atoms with Crippen molar-refractivity contribution >= 4 is 40.3 Å². The van der Waals surface area contributed by atoms with Gasteiger partial charge in [0, 0.05) is 5.02 Å². The molecule has 0 bridgehead atoms. The van der Waals surface area contributed by atoms with Crippen LogP contribution in [0.2, 0.25) is 5.02 Å². The minimum Gasteiger partial charge on any atom is -0.290 e. The van der Waals surface area contributed by atoms with Gasteiger partial charge in [-0.3, -0.25) is 9.59 Å². The van der Waals surface area contributed by atoms with Crippen molar-refractivity contribution in [3.05, 3.63) is 82.9 Å². The summed E-state index contributed by atoms with van der Waals surface area (Å²) in [5, 5.41) is 6.41. The predicted octanol–water partition coefficient (Wildman–Crippen LogP) is 4.58. The predicted molar refractivity (Wildman–Crippen MR) is 108 cm³/mol. The van der Waals surface area contributed by atoms with Crippen molar-refractivity contribution in [3.63, 3.8) is 0 Å². The zero-order valence-electron chi connectivity index (χ0n) is 14.9. The van der Waals surface area contributed by atoms with Crippen molar-refractivity contribution in [2.24, 2.45) is 10.5 Å². The molecule has 0 saturated carbocycles. The maximum absolute atomic E-state index is 13.5. The Kier molecular flexibility index (Phi) is 4.08. The van der Waals surface area contributed by atoms with E-state index in [4.69, 9.17) is 11.6 Å². The molecule has 0 fully saturated rings. The van der Waals surface area contributed by atoms with E-state index in [1.54, 1.807) is 30.3 Å². The van der Waals surface area contributed by atoms with Crippen molar-refractivity contribution in [1.29, 1.82) is 0 Å². The molecule has 1 aliphatic carbocycles. The highest BCUT2D eigenvalue weighted by atomic mass is 35.5. The number of carbonyl (C=O) groups is 2. The van der Waals surface area contributed by atoms with Crippen LogP contribution in [0.5, 0.6) is 0 Å². The lowest BCUT2D eigenvalue weighted by Crippen LogP contribution is -2.40. The largest absolute Gasteiger partial charge is 0.290 e. The fraction of sp³-hybridized carbons (Fsp3) is 0.136. The molecule has 1 spiro atoms. The third kappa shape index (κ3) is 2.73. The van der Waals surface area contributed by atoms with Crippen LogP contribution in [0.25, 0.3) is 5.57 Å². The van der Waals surface area contributed by atoms with E-state index in [2.05, 4.69) is 5.10 Å². The highest BCUT2D eigenvalue weighted by Gasteiger charge is 2.52. The van der Waals surface area contributed by atoms with Crippen molar-refractivity contribution in [2.75, 3.05) is 5.01 Å². The SMILES string of the molecule is CC1=NN(c2cccc(Cl)c2)C(=O)C12C=CC(=O)C=C2c1cccc(C)c1. The molecule has 0 saturated heterocycles. The minimum atomic E-state index is -1.09. The molecule has 1 amide bonds. The van der Waals surface area contributed by atoms with Gasteiger partial charge in [-0.2, -0.15) is 10.1 Å². The average molecular weight is 377 g/mol. The summed E-state index contributed by atoms with van der Waals surface area (Å²) in [5.74, 6) is -0.363. The van der Waals surface area contributed by atoms with Gasteiger partial charge >= 0.3 is 0 Å². The lowest BCUT2D eigenvalue weighted by Gasteiger charge is -2.30. The number of hydrogen-bond donors (Lipinski definition) is 0. The van der Waals surface area contributed by atoms with Crippen LogP contribution in [0.3, 0.4) is 0 Å². The summed E-state index contributed by atoms with van der Waals surface area (Å²) < 4.78 is 0. The van der Waals surface area contributed by atoms with Crippen molar-refractivity contribution < 1.29 is 9.59 Å². The molecule has 2 aromatic rings. The molecule has 4 rings (SSSR count). The third-order valence-electron chi connectivity index (χ3n) is 4.94. The number of aryl methyl sites for hydroxylation is 1. The van der Waals surface area contributed by atoms with Crippen molar-refractivity contribution in [3.8, 4) is 0 Å². The zero-order chi connectivity index (χ0) is 19.2. The summed E-state index contributed by atoms with van der Waals surface area (Å²) in [6.07, 6.45) is 4.64. The summed E-state index contributed by atoms with van der Waals surface area (Å²) in [7, 11) is 0. The molecule has 1 unspecified atom stereocenters. The molecule has 1 aliphatic heterocycles. The number of anilines is 1. The van der Waals surface area contributed by atoms with E-state index in [9.17, 15) is 9.59 Å². The number of allylic oxidation sites excluding steroid dienone is 2. The summed E-state index contributed by atoms with van der Waals surface area (Å²) in [5.41, 5.74) is 2.65. The normalized spacial score (nSPS) is 21.7. The van der Waals surface area contributed by atoms with Crippen LogP contribution in [-0.4, -0.2) is 17.4 Å². The van der Waals surface area contributed by atoms with Gasteiger partial charge in [0.2, 0.25) is 0 Å². The second-order valence-electron chi connectivity index (χ2n) is 6.75. The number of hydrogen-bond acceptors (Lipinski definition) is 3.